The Morgan fingerprint density at radius 1 is 1.22 bits per heavy atom. The third-order valence-corrected chi connectivity index (χ3v) is 4.62. The van der Waals surface area contributed by atoms with Crippen LogP contribution in [0.15, 0.2) is 61.1 Å². The molecule has 0 bridgehead atoms. The molecule has 0 aliphatic heterocycles. The van der Waals surface area contributed by atoms with Crippen molar-refractivity contribution < 1.29 is 9.18 Å². The van der Waals surface area contributed by atoms with E-state index in [0.717, 1.165) is 11.9 Å². The van der Waals surface area contributed by atoms with Gasteiger partial charge in [-0.25, -0.2) is 9.07 Å². The predicted octanol–water partition coefficient (Wildman–Crippen LogP) is 3.77. The number of aromatic nitrogens is 3. The minimum Gasteiger partial charge on any atom is -0.361 e. The van der Waals surface area contributed by atoms with Crippen LogP contribution in [0.25, 0.3) is 16.6 Å². The number of nitrogens with zero attached hydrogens (tertiary/aromatic N) is 2. The first kappa shape index (κ1) is 17.0. The van der Waals surface area contributed by atoms with E-state index in [9.17, 15) is 9.18 Å². The number of aromatic amines is 1. The highest BCUT2D eigenvalue weighted by atomic mass is 19.1. The molecule has 0 atom stereocenters. The fourth-order valence-electron chi connectivity index (χ4n) is 3.27. The van der Waals surface area contributed by atoms with Crippen LogP contribution in [-0.4, -0.2) is 27.2 Å². The highest BCUT2D eigenvalue weighted by Gasteiger charge is 2.12. The fraction of sp³-hybridized carbons (Fsp3) is 0.143. The summed E-state index contributed by atoms with van der Waals surface area (Å²) in [6.45, 7) is 2.58. The molecule has 0 saturated carbocycles. The molecule has 0 spiro atoms. The fourth-order valence-corrected chi connectivity index (χ4v) is 3.27. The minimum absolute atomic E-state index is 0.228. The molecule has 2 N–H and O–H groups in total. The number of H-pyrrole nitrogens is 1. The number of aryl methyl sites for hydroxylation is 1. The van der Waals surface area contributed by atoms with Crippen molar-refractivity contribution in [2.45, 2.75) is 13.3 Å². The maximum Gasteiger partial charge on any atom is 0.254 e. The van der Waals surface area contributed by atoms with Crippen molar-refractivity contribution >= 4 is 16.8 Å². The molecule has 136 valence electrons. The van der Waals surface area contributed by atoms with Crippen LogP contribution < -0.4 is 5.32 Å². The van der Waals surface area contributed by atoms with Gasteiger partial charge in [-0.05, 0) is 42.7 Å². The number of rotatable bonds is 5. The zero-order valence-electron chi connectivity index (χ0n) is 14.9. The van der Waals surface area contributed by atoms with Gasteiger partial charge in [0.1, 0.15) is 11.5 Å². The predicted molar refractivity (Wildman–Crippen MR) is 103 cm³/mol. The summed E-state index contributed by atoms with van der Waals surface area (Å²) in [5, 5.41) is 8.20. The molecule has 1 amide bonds. The Hall–Kier alpha value is -3.41. The summed E-state index contributed by atoms with van der Waals surface area (Å²) in [4.78, 5) is 15.6. The third kappa shape index (κ3) is 3.33. The summed E-state index contributed by atoms with van der Waals surface area (Å²) in [6.07, 6.45) is 5.68. The monoisotopic (exact) mass is 362 g/mol. The number of halogens is 1. The van der Waals surface area contributed by atoms with Crippen molar-refractivity contribution in [1.29, 1.82) is 0 Å². The van der Waals surface area contributed by atoms with E-state index in [0.29, 0.717) is 17.8 Å². The van der Waals surface area contributed by atoms with Gasteiger partial charge >= 0.3 is 0 Å². The molecule has 0 radical (unpaired) electrons. The SMILES string of the molecule is Cc1cccc2[nH]cc(CCNC(=O)c3cnn(-c4ccccc4F)c3)c12. The van der Waals surface area contributed by atoms with Crippen LogP contribution in [0.3, 0.4) is 0 Å². The first-order valence-electron chi connectivity index (χ1n) is 8.77. The molecule has 5 nitrogen and oxygen atoms in total. The molecule has 0 aliphatic rings. The summed E-state index contributed by atoms with van der Waals surface area (Å²) in [5.41, 5.74) is 4.19. The number of carbonyl (C=O) groups is 1. The highest BCUT2D eigenvalue weighted by Crippen LogP contribution is 2.22. The molecule has 0 fully saturated rings. The Kier molecular flexibility index (Phi) is 4.46. The topological polar surface area (TPSA) is 62.7 Å². The first-order valence-corrected chi connectivity index (χ1v) is 8.77. The Bertz CT molecular complexity index is 1110. The second-order valence-corrected chi connectivity index (χ2v) is 6.44. The molecular weight excluding hydrogens is 343 g/mol. The van der Waals surface area contributed by atoms with Gasteiger partial charge in [-0.15, -0.1) is 0 Å². The van der Waals surface area contributed by atoms with E-state index in [4.69, 9.17) is 0 Å². The second-order valence-electron chi connectivity index (χ2n) is 6.44. The maximum absolute atomic E-state index is 13.8. The van der Waals surface area contributed by atoms with E-state index in [2.05, 4.69) is 28.4 Å². The molecule has 2 aromatic heterocycles. The molecule has 4 rings (SSSR count). The van der Waals surface area contributed by atoms with Crippen LogP contribution in [0.4, 0.5) is 4.39 Å². The van der Waals surface area contributed by atoms with Crippen LogP contribution in [0.2, 0.25) is 0 Å². The second kappa shape index (κ2) is 7.07. The normalized spacial score (nSPS) is 11.0. The Balaban J connectivity index is 1.42. The van der Waals surface area contributed by atoms with Gasteiger partial charge in [-0.1, -0.05) is 24.3 Å². The largest absolute Gasteiger partial charge is 0.361 e. The van der Waals surface area contributed by atoms with Crippen molar-refractivity contribution in [3.63, 3.8) is 0 Å². The lowest BCUT2D eigenvalue weighted by Crippen LogP contribution is -2.25. The summed E-state index contributed by atoms with van der Waals surface area (Å²) in [5.74, 6) is -0.614. The average Bonchev–Trinajstić information content (AvgIpc) is 3.30. The lowest BCUT2D eigenvalue weighted by molar-refractivity contribution is 0.0954. The van der Waals surface area contributed by atoms with Gasteiger partial charge < -0.3 is 10.3 Å². The van der Waals surface area contributed by atoms with Crippen molar-refractivity contribution in [2.24, 2.45) is 0 Å². The number of benzene rings is 2. The van der Waals surface area contributed by atoms with Gasteiger partial charge in [0, 0.05) is 29.8 Å². The lowest BCUT2D eigenvalue weighted by atomic mass is 10.1. The van der Waals surface area contributed by atoms with Gasteiger partial charge in [-0.3, -0.25) is 4.79 Å². The van der Waals surface area contributed by atoms with Crippen LogP contribution in [0.5, 0.6) is 0 Å². The average molecular weight is 362 g/mol. The summed E-state index contributed by atoms with van der Waals surface area (Å²) >= 11 is 0. The molecular formula is C21H19FN4O. The molecule has 4 aromatic rings. The molecule has 0 aliphatic carbocycles. The molecule has 2 heterocycles. The van der Waals surface area contributed by atoms with Crippen molar-refractivity contribution in [3.05, 3.63) is 83.6 Å². The molecule has 2 aromatic carbocycles. The highest BCUT2D eigenvalue weighted by molar-refractivity contribution is 5.93. The van der Waals surface area contributed by atoms with Crippen molar-refractivity contribution in [1.82, 2.24) is 20.1 Å². The smallest absolute Gasteiger partial charge is 0.254 e. The zero-order chi connectivity index (χ0) is 18.8. The van der Waals surface area contributed by atoms with E-state index in [1.807, 2.05) is 18.3 Å². The van der Waals surface area contributed by atoms with Crippen LogP contribution in [0.1, 0.15) is 21.5 Å². The number of amides is 1. The number of para-hydroxylation sites is 1. The van der Waals surface area contributed by atoms with Crippen molar-refractivity contribution in [3.8, 4) is 5.69 Å². The number of nitrogens with one attached hydrogen (secondary N) is 2. The minimum atomic E-state index is -0.387. The quantitative estimate of drug-likeness (QED) is 0.568. The number of fused-ring (bicyclic) bond motifs is 1. The molecule has 6 heteroatoms. The van der Waals surface area contributed by atoms with E-state index in [1.54, 1.807) is 18.2 Å². The summed E-state index contributed by atoms with van der Waals surface area (Å²) in [6, 6.07) is 12.5. The van der Waals surface area contributed by atoms with E-state index in [1.165, 1.54) is 39.7 Å². The van der Waals surface area contributed by atoms with E-state index >= 15 is 0 Å². The van der Waals surface area contributed by atoms with Gasteiger partial charge in [0.05, 0.1) is 11.8 Å². The Morgan fingerprint density at radius 3 is 2.93 bits per heavy atom. The van der Waals surface area contributed by atoms with E-state index < -0.39 is 0 Å². The molecule has 27 heavy (non-hydrogen) atoms. The van der Waals surface area contributed by atoms with Gasteiger partial charge in [0.2, 0.25) is 0 Å². The van der Waals surface area contributed by atoms with Crippen molar-refractivity contribution in [2.75, 3.05) is 6.54 Å². The van der Waals surface area contributed by atoms with E-state index in [-0.39, 0.29) is 11.7 Å². The number of carbonyl (C=O) groups excluding carboxylic acids is 1. The molecule has 0 unspecified atom stereocenters. The third-order valence-electron chi connectivity index (χ3n) is 4.62. The van der Waals surface area contributed by atoms with Crippen LogP contribution >= 0.6 is 0 Å². The Labute approximate surface area is 155 Å². The number of hydrogen-bond donors (Lipinski definition) is 2. The van der Waals surface area contributed by atoms with Gasteiger partial charge in [0.15, 0.2) is 0 Å². The standard InChI is InChI=1S/C21H19FN4O/c1-14-5-4-7-18-20(14)15(11-24-18)9-10-23-21(27)16-12-25-26(13-16)19-8-3-2-6-17(19)22/h2-8,11-13,24H,9-10H2,1H3,(H,23,27). The maximum atomic E-state index is 13.8. The van der Waals surface area contributed by atoms with Gasteiger partial charge in [-0.2, -0.15) is 5.10 Å². The number of hydrogen-bond acceptors (Lipinski definition) is 2. The summed E-state index contributed by atoms with van der Waals surface area (Å²) in [7, 11) is 0. The van der Waals surface area contributed by atoms with Crippen LogP contribution in [0, 0.1) is 12.7 Å². The molecule has 0 saturated heterocycles. The van der Waals surface area contributed by atoms with Crippen LogP contribution in [-0.2, 0) is 6.42 Å². The van der Waals surface area contributed by atoms with Gasteiger partial charge in [0.25, 0.3) is 5.91 Å². The summed E-state index contributed by atoms with van der Waals surface area (Å²) < 4.78 is 15.2. The Morgan fingerprint density at radius 2 is 2.07 bits per heavy atom. The lowest BCUT2D eigenvalue weighted by Gasteiger charge is -2.05. The first-order chi connectivity index (χ1) is 13.1. The zero-order valence-corrected chi connectivity index (χ0v) is 14.9.